The van der Waals surface area contributed by atoms with Crippen molar-refractivity contribution in [3.63, 3.8) is 0 Å². The van der Waals surface area contributed by atoms with Crippen LogP contribution in [-0.4, -0.2) is 41.5 Å². The van der Waals surface area contributed by atoms with Crippen molar-refractivity contribution in [3.8, 4) is 0 Å². The van der Waals surface area contributed by atoms with Crippen LogP contribution in [0.2, 0.25) is 0 Å². The van der Waals surface area contributed by atoms with Crippen molar-refractivity contribution in [2.75, 3.05) is 0 Å². The van der Waals surface area contributed by atoms with Gasteiger partial charge in [-0.3, -0.25) is 4.79 Å². The van der Waals surface area contributed by atoms with E-state index in [0.29, 0.717) is 17.3 Å². The molecule has 8 nitrogen and oxygen atoms in total. The zero-order valence-corrected chi connectivity index (χ0v) is 11.1. The minimum Gasteiger partial charge on any atom is -0.349 e. The Bertz CT molecular complexity index is 773. The third-order valence-electron chi connectivity index (χ3n) is 3.79. The monoisotopic (exact) mass is 283 g/mol. The van der Waals surface area contributed by atoms with Gasteiger partial charge in [-0.15, -0.1) is 5.10 Å². The Labute approximate surface area is 119 Å². The highest BCUT2D eigenvalue weighted by Gasteiger charge is 2.32. The van der Waals surface area contributed by atoms with Crippen LogP contribution in [-0.2, 0) is 0 Å². The van der Waals surface area contributed by atoms with Crippen molar-refractivity contribution in [1.82, 2.24) is 34.9 Å². The van der Waals surface area contributed by atoms with E-state index in [1.54, 1.807) is 35.4 Å². The summed E-state index contributed by atoms with van der Waals surface area (Å²) in [7, 11) is 0. The third-order valence-corrected chi connectivity index (χ3v) is 3.79. The van der Waals surface area contributed by atoms with Gasteiger partial charge in [0.05, 0.1) is 18.4 Å². The lowest BCUT2D eigenvalue weighted by atomic mass is 9.86. The summed E-state index contributed by atoms with van der Waals surface area (Å²) in [6.07, 6.45) is 10.2. The second-order valence-electron chi connectivity index (χ2n) is 5.12. The topological polar surface area (TPSA) is 90.0 Å². The summed E-state index contributed by atoms with van der Waals surface area (Å²) >= 11 is 0. The van der Waals surface area contributed by atoms with Crippen LogP contribution in [0.4, 0.5) is 0 Å². The van der Waals surface area contributed by atoms with Gasteiger partial charge >= 0.3 is 0 Å². The molecule has 1 fully saturated rings. The quantitative estimate of drug-likeness (QED) is 0.754. The highest BCUT2D eigenvalue weighted by molar-refractivity contribution is 5.99. The highest BCUT2D eigenvalue weighted by atomic mass is 16.1. The number of fused-ring (bicyclic) bond motifs is 1. The summed E-state index contributed by atoms with van der Waals surface area (Å²) in [5, 5.41) is 14.9. The third kappa shape index (κ3) is 2.04. The summed E-state index contributed by atoms with van der Waals surface area (Å²) in [6, 6.07) is 2.25. The van der Waals surface area contributed by atoms with Crippen LogP contribution in [0.5, 0.6) is 0 Å². The maximum Gasteiger partial charge on any atom is 0.256 e. The van der Waals surface area contributed by atoms with E-state index in [1.807, 2.05) is 10.9 Å². The fourth-order valence-electron chi connectivity index (χ4n) is 2.58. The Hall–Kier alpha value is -2.77. The summed E-state index contributed by atoms with van der Waals surface area (Å²) in [5.41, 5.74) is 1.07. The second kappa shape index (κ2) is 4.65. The molecule has 21 heavy (non-hydrogen) atoms. The Balaban J connectivity index is 1.43. The molecule has 1 aliphatic rings. The summed E-state index contributed by atoms with van der Waals surface area (Å²) in [4.78, 5) is 16.5. The number of rotatable bonds is 3. The molecule has 0 atom stereocenters. The van der Waals surface area contributed by atoms with Crippen molar-refractivity contribution in [1.29, 1.82) is 0 Å². The van der Waals surface area contributed by atoms with Gasteiger partial charge < -0.3 is 5.32 Å². The van der Waals surface area contributed by atoms with Gasteiger partial charge in [0.15, 0.2) is 5.65 Å². The maximum absolute atomic E-state index is 12.3. The fourth-order valence-corrected chi connectivity index (χ4v) is 2.58. The van der Waals surface area contributed by atoms with Crippen LogP contribution in [0.1, 0.15) is 29.2 Å². The molecule has 4 rings (SSSR count). The number of aromatic nitrogens is 6. The van der Waals surface area contributed by atoms with Gasteiger partial charge in [0.1, 0.15) is 5.56 Å². The number of carbonyl (C=O) groups excluding carboxylic acids is 1. The van der Waals surface area contributed by atoms with Crippen molar-refractivity contribution >= 4 is 11.6 Å². The molecule has 0 aromatic carbocycles. The molecule has 3 aromatic heterocycles. The highest BCUT2D eigenvalue weighted by Crippen LogP contribution is 2.31. The van der Waals surface area contributed by atoms with Gasteiger partial charge in [-0.25, -0.2) is 14.2 Å². The van der Waals surface area contributed by atoms with Crippen LogP contribution >= 0.6 is 0 Å². The normalized spacial score (nSPS) is 21.1. The Morgan fingerprint density at radius 1 is 1.29 bits per heavy atom. The van der Waals surface area contributed by atoms with Gasteiger partial charge in [0, 0.05) is 24.6 Å². The fraction of sp³-hybridized carbons (Fsp3) is 0.308. The number of carbonyl (C=O) groups is 1. The molecule has 0 radical (unpaired) electrons. The van der Waals surface area contributed by atoms with E-state index in [0.717, 1.165) is 12.8 Å². The summed E-state index contributed by atoms with van der Waals surface area (Å²) in [5.74, 6) is -0.134. The van der Waals surface area contributed by atoms with Crippen LogP contribution in [0.3, 0.4) is 0 Å². The first-order valence-electron chi connectivity index (χ1n) is 6.76. The Morgan fingerprint density at radius 2 is 2.19 bits per heavy atom. The van der Waals surface area contributed by atoms with Gasteiger partial charge in [-0.2, -0.15) is 5.10 Å². The molecule has 3 heterocycles. The number of hydrogen-bond donors (Lipinski definition) is 1. The lowest BCUT2D eigenvalue weighted by molar-refractivity contribution is 0.0889. The first kappa shape index (κ1) is 12.0. The average molecular weight is 283 g/mol. The predicted molar refractivity (Wildman–Crippen MR) is 72.5 cm³/mol. The predicted octanol–water partition coefficient (Wildman–Crippen LogP) is 0.454. The molecule has 3 aromatic rings. The molecule has 0 aliphatic heterocycles. The van der Waals surface area contributed by atoms with E-state index >= 15 is 0 Å². The first-order valence-corrected chi connectivity index (χ1v) is 6.76. The molecule has 0 bridgehead atoms. The van der Waals surface area contributed by atoms with Crippen molar-refractivity contribution in [3.05, 3.63) is 42.6 Å². The minimum absolute atomic E-state index is 0.134. The first-order chi connectivity index (χ1) is 10.3. The molecule has 8 heteroatoms. The van der Waals surface area contributed by atoms with Gasteiger partial charge in [0.25, 0.3) is 5.91 Å². The lowest BCUT2D eigenvalue weighted by Gasteiger charge is -2.35. The number of hydrogen-bond acceptors (Lipinski definition) is 5. The summed E-state index contributed by atoms with van der Waals surface area (Å²) < 4.78 is 3.42. The molecule has 1 aliphatic carbocycles. The molecule has 0 saturated heterocycles. The molecule has 0 spiro atoms. The van der Waals surface area contributed by atoms with Crippen molar-refractivity contribution in [2.45, 2.75) is 24.9 Å². The number of amides is 1. The molecule has 1 amide bonds. The summed E-state index contributed by atoms with van der Waals surface area (Å²) in [6.45, 7) is 0. The van der Waals surface area contributed by atoms with Crippen LogP contribution in [0, 0.1) is 0 Å². The molecule has 1 N–H and O–H groups in total. The van der Waals surface area contributed by atoms with E-state index in [-0.39, 0.29) is 11.9 Å². The smallest absolute Gasteiger partial charge is 0.256 e. The van der Waals surface area contributed by atoms with Crippen molar-refractivity contribution in [2.24, 2.45) is 0 Å². The minimum atomic E-state index is -0.134. The van der Waals surface area contributed by atoms with E-state index in [2.05, 4.69) is 25.7 Å². The van der Waals surface area contributed by atoms with Crippen LogP contribution in [0.15, 0.2) is 37.1 Å². The zero-order valence-electron chi connectivity index (χ0n) is 11.1. The van der Waals surface area contributed by atoms with Crippen molar-refractivity contribution < 1.29 is 4.79 Å². The number of nitrogens with one attached hydrogen (secondary N) is 1. The van der Waals surface area contributed by atoms with Crippen LogP contribution in [0.25, 0.3) is 5.65 Å². The van der Waals surface area contributed by atoms with Crippen LogP contribution < -0.4 is 5.32 Å². The van der Waals surface area contributed by atoms with Gasteiger partial charge in [0.2, 0.25) is 0 Å². The van der Waals surface area contributed by atoms with Gasteiger partial charge in [-0.1, -0.05) is 5.21 Å². The van der Waals surface area contributed by atoms with E-state index in [9.17, 15) is 4.79 Å². The maximum atomic E-state index is 12.3. The number of nitrogens with zero attached hydrogens (tertiary/aromatic N) is 6. The second-order valence-corrected chi connectivity index (χ2v) is 5.12. The largest absolute Gasteiger partial charge is 0.349 e. The van der Waals surface area contributed by atoms with E-state index < -0.39 is 0 Å². The van der Waals surface area contributed by atoms with E-state index in [4.69, 9.17) is 0 Å². The standard InChI is InChI=1S/C13H13N7O/c21-13(11-8-16-20-4-1-2-14-12(11)20)17-9-6-10(7-9)19-5-3-15-18-19/h1-5,8-10H,6-7H2,(H,17,21). The Kier molecular flexibility index (Phi) is 2.66. The van der Waals surface area contributed by atoms with E-state index in [1.165, 1.54) is 0 Å². The SMILES string of the molecule is O=C(NC1CC(n2ccnn2)C1)c1cnn2cccnc12. The molecule has 106 valence electrons. The Morgan fingerprint density at radius 3 is 3.00 bits per heavy atom. The molecular formula is C13H13N7O. The molecular weight excluding hydrogens is 270 g/mol. The molecule has 0 unspecified atom stereocenters. The zero-order chi connectivity index (χ0) is 14.2. The van der Waals surface area contributed by atoms with Gasteiger partial charge in [-0.05, 0) is 18.9 Å². The molecule has 1 saturated carbocycles. The lowest BCUT2D eigenvalue weighted by Crippen LogP contribution is -2.45. The average Bonchev–Trinajstić information content (AvgIpc) is 3.11.